The molecule has 0 fully saturated rings. The standard InChI is InChI=1S/C34H24Cl4N6O4S2/c1-19-3-9-23(10-4-19)49(45,46)43-33-39-29(25-13-7-21(35)15-27(25)37)17-31(41-33)32-18-30(26-14-8-22(36)16-28(26)38)40-34(42-32)44-50(47,48)24-11-5-20(2)6-12-24/h3-18H,1-2H3,(H,39,41,43)(H,40,42,44). The number of nitrogens with zero attached hydrogens (tertiary/aromatic N) is 4. The minimum atomic E-state index is -4.16. The molecule has 2 aromatic heterocycles. The number of hydrogen-bond acceptors (Lipinski definition) is 8. The quantitative estimate of drug-likeness (QED) is 0.148. The number of sulfonamides is 2. The highest BCUT2D eigenvalue weighted by Gasteiger charge is 2.22. The molecule has 0 radical (unpaired) electrons. The fourth-order valence-corrected chi connectivity index (χ4v) is 7.61. The maximum absolute atomic E-state index is 13.4. The van der Waals surface area contributed by atoms with Crippen LogP contribution < -0.4 is 9.44 Å². The molecule has 254 valence electrons. The van der Waals surface area contributed by atoms with Gasteiger partial charge in [0.15, 0.2) is 0 Å². The summed E-state index contributed by atoms with van der Waals surface area (Å²) in [5, 5.41) is 1.22. The largest absolute Gasteiger partial charge is 0.264 e. The number of hydrogen-bond donors (Lipinski definition) is 2. The number of aryl methyl sites for hydroxylation is 2. The zero-order chi connectivity index (χ0) is 35.8. The summed E-state index contributed by atoms with van der Waals surface area (Å²) in [5.74, 6) is -0.619. The Bertz CT molecular complexity index is 2310. The molecule has 2 heterocycles. The molecule has 0 atom stereocenters. The molecule has 16 heteroatoms. The first-order chi connectivity index (χ1) is 23.7. The van der Waals surface area contributed by atoms with Crippen LogP contribution in [0.2, 0.25) is 20.1 Å². The van der Waals surface area contributed by atoms with Crippen LogP contribution in [0, 0.1) is 13.8 Å². The fraction of sp³-hybridized carbons (Fsp3) is 0.0588. The van der Waals surface area contributed by atoms with Gasteiger partial charge in [0.2, 0.25) is 11.9 Å². The van der Waals surface area contributed by atoms with E-state index in [0.29, 0.717) is 21.2 Å². The van der Waals surface area contributed by atoms with E-state index < -0.39 is 20.0 Å². The molecule has 2 N–H and O–H groups in total. The van der Waals surface area contributed by atoms with Crippen LogP contribution in [0.1, 0.15) is 11.1 Å². The Morgan fingerprint density at radius 1 is 0.460 bits per heavy atom. The first-order valence-electron chi connectivity index (χ1n) is 14.6. The Balaban J connectivity index is 1.54. The number of anilines is 2. The van der Waals surface area contributed by atoms with Crippen molar-refractivity contribution in [1.82, 2.24) is 19.9 Å². The van der Waals surface area contributed by atoms with Crippen molar-refractivity contribution in [3.8, 4) is 33.9 Å². The lowest BCUT2D eigenvalue weighted by molar-refractivity contribution is 0.599. The summed E-state index contributed by atoms with van der Waals surface area (Å²) in [6, 6.07) is 25.0. The maximum atomic E-state index is 13.4. The van der Waals surface area contributed by atoms with Crippen molar-refractivity contribution in [1.29, 1.82) is 0 Å². The number of halogens is 4. The number of nitrogens with one attached hydrogen (secondary N) is 2. The molecule has 0 aliphatic heterocycles. The van der Waals surface area contributed by atoms with E-state index in [1.165, 1.54) is 48.5 Å². The van der Waals surface area contributed by atoms with Gasteiger partial charge in [0.25, 0.3) is 20.0 Å². The third-order valence-electron chi connectivity index (χ3n) is 7.24. The first kappa shape index (κ1) is 35.5. The van der Waals surface area contributed by atoms with Crippen LogP contribution in [0.15, 0.2) is 107 Å². The summed E-state index contributed by atoms with van der Waals surface area (Å²) in [5.41, 5.74) is 3.16. The van der Waals surface area contributed by atoms with Gasteiger partial charge >= 0.3 is 0 Å². The van der Waals surface area contributed by atoms with E-state index in [1.54, 1.807) is 48.5 Å². The Morgan fingerprint density at radius 2 is 0.800 bits per heavy atom. The van der Waals surface area contributed by atoms with E-state index in [0.717, 1.165) is 11.1 Å². The van der Waals surface area contributed by atoms with Crippen molar-refractivity contribution in [3.05, 3.63) is 128 Å². The average molecular weight is 787 g/mol. The van der Waals surface area contributed by atoms with Gasteiger partial charge < -0.3 is 0 Å². The SMILES string of the molecule is Cc1ccc(S(=O)(=O)Nc2nc(-c3cc(-c4ccc(Cl)cc4Cl)nc(NS(=O)(=O)c4ccc(C)cc4)n3)cc(-c3ccc(Cl)cc3Cl)n2)cc1. The van der Waals surface area contributed by atoms with Crippen LogP contribution in [0.5, 0.6) is 0 Å². The number of benzene rings is 4. The molecule has 0 aliphatic carbocycles. The van der Waals surface area contributed by atoms with E-state index in [1.807, 2.05) is 13.8 Å². The summed E-state index contributed by atoms with van der Waals surface area (Å²) >= 11 is 25.4. The van der Waals surface area contributed by atoms with Crippen molar-refractivity contribution < 1.29 is 16.8 Å². The highest BCUT2D eigenvalue weighted by atomic mass is 35.5. The molecule has 50 heavy (non-hydrogen) atoms. The average Bonchev–Trinajstić information content (AvgIpc) is 3.04. The Labute approximate surface area is 308 Å². The molecule has 0 saturated heterocycles. The first-order valence-corrected chi connectivity index (χ1v) is 19.0. The van der Waals surface area contributed by atoms with Gasteiger partial charge in [-0.25, -0.2) is 46.2 Å². The van der Waals surface area contributed by atoms with Gasteiger partial charge in [-0.3, -0.25) is 0 Å². The second-order valence-corrected chi connectivity index (χ2v) is 16.1. The second-order valence-electron chi connectivity index (χ2n) is 11.0. The zero-order valence-corrected chi connectivity index (χ0v) is 30.6. The third-order valence-corrected chi connectivity index (χ3v) is 11.0. The van der Waals surface area contributed by atoms with Crippen molar-refractivity contribution in [2.75, 3.05) is 9.44 Å². The van der Waals surface area contributed by atoms with Gasteiger partial charge in [-0.15, -0.1) is 0 Å². The lowest BCUT2D eigenvalue weighted by atomic mass is 10.1. The maximum Gasteiger partial charge on any atom is 0.264 e. The zero-order valence-electron chi connectivity index (χ0n) is 26.0. The molecule has 4 aromatic carbocycles. The molecule has 6 aromatic rings. The van der Waals surface area contributed by atoms with E-state index in [4.69, 9.17) is 46.4 Å². The van der Waals surface area contributed by atoms with E-state index in [9.17, 15) is 16.8 Å². The summed E-state index contributed by atoms with van der Waals surface area (Å²) in [7, 11) is -8.31. The Kier molecular flexibility index (Phi) is 10.0. The monoisotopic (exact) mass is 784 g/mol. The van der Waals surface area contributed by atoms with Crippen molar-refractivity contribution in [2.45, 2.75) is 23.6 Å². The fourth-order valence-electron chi connectivity index (χ4n) is 4.71. The molecule has 0 saturated carbocycles. The predicted molar refractivity (Wildman–Crippen MR) is 198 cm³/mol. The van der Waals surface area contributed by atoms with Gasteiger partial charge in [-0.05, 0) is 86.6 Å². The third kappa shape index (κ3) is 8.02. The molecule has 0 amide bonds. The molecule has 0 spiro atoms. The van der Waals surface area contributed by atoms with Crippen molar-refractivity contribution in [2.24, 2.45) is 0 Å². The summed E-state index contributed by atoms with van der Waals surface area (Å²) in [6.07, 6.45) is 0. The van der Waals surface area contributed by atoms with Crippen LogP contribution in [0.4, 0.5) is 11.9 Å². The molecule has 6 rings (SSSR count). The Morgan fingerprint density at radius 3 is 1.14 bits per heavy atom. The smallest absolute Gasteiger partial charge is 0.247 e. The lowest BCUT2D eigenvalue weighted by Gasteiger charge is -2.14. The number of rotatable bonds is 9. The van der Waals surface area contributed by atoms with E-state index in [-0.39, 0.29) is 54.5 Å². The summed E-state index contributed by atoms with van der Waals surface area (Å²) in [4.78, 5) is 17.9. The van der Waals surface area contributed by atoms with Gasteiger partial charge in [-0.1, -0.05) is 81.8 Å². The highest BCUT2D eigenvalue weighted by Crippen LogP contribution is 2.35. The predicted octanol–water partition coefficient (Wildman–Crippen LogP) is 9.10. The Hall–Kier alpha value is -4.30. The topological polar surface area (TPSA) is 144 Å². The molecule has 0 aliphatic rings. The van der Waals surface area contributed by atoms with Crippen LogP contribution in [-0.4, -0.2) is 36.8 Å². The summed E-state index contributed by atoms with van der Waals surface area (Å²) in [6.45, 7) is 3.67. The second kappa shape index (κ2) is 14.1. The minimum Gasteiger partial charge on any atom is -0.247 e. The normalized spacial score (nSPS) is 11.7. The number of aromatic nitrogens is 4. The van der Waals surface area contributed by atoms with E-state index in [2.05, 4.69) is 29.4 Å². The molecule has 0 bridgehead atoms. The molecule has 10 nitrogen and oxygen atoms in total. The molecular formula is C34H24Cl4N6O4S2. The summed E-state index contributed by atoms with van der Waals surface area (Å²) < 4.78 is 58.6. The lowest BCUT2D eigenvalue weighted by Crippen LogP contribution is -2.16. The van der Waals surface area contributed by atoms with Gasteiger partial charge in [0.05, 0.1) is 42.6 Å². The van der Waals surface area contributed by atoms with Crippen molar-refractivity contribution in [3.63, 3.8) is 0 Å². The van der Waals surface area contributed by atoms with Crippen LogP contribution >= 0.6 is 46.4 Å². The minimum absolute atomic E-state index is 0.0160. The highest BCUT2D eigenvalue weighted by molar-refractivity contribution is 7.93. The van der Waals surface area contributed by atoms with Crippen LogP contribution in [-0.2, 0) is 20.0 Å². The van der Waals surface area contributed by atoms with Crippen molar-refractivity contribution >= 4 is 78.3 Å². The molecular weight excluding hydrogens is 762 g/mol. The van der Waals surface area contributed by atoms with E-state index >= 15 is 0 Å². The van der Waals surface area contributed by atoms with Gasteiger partial charge in [-0.2, -0.15) is 0 Å². The van der Waals surface area contributed by atoms with Gasteiger partial charge in [0.1, 0.15) is 0 Å². The van der Waals surface area contributed by atoms with Gasteiger partial charge in [0, 0.05) is 21.2 Å². The van der Waals surface area contributed by atoms with Crippen LogP contribution in [0.3, 0.4) is 0 Å². The molecule has 0 unspecified atom stereocenters. The van der Waals surface area contributed by atoms with Crippen LogP contribution in [0.25, 0.3) is 33.9 Å².